The van der Waals surface area contributed by atoms with Crippen molar-refractivity contribution in [2.45, 2.75) is 33.2 Å². The molecule has 0 saturated carbocycles. The zero-order valence-corrected chi connectivity index (χ0v) is 17.3. The molecule has 0 radical (unpaired) electrons. The molecule has 0 spiro atoms. The van der Waals surface area contributed by atoms with Crippen molar-refractivity contribution >= 4 is 33.8 Å². The monoisotopic (exact) mass is 418 g/mol. The molecule has 0 aliphatic carbocycles. The Balaban J connectivity index is 1.69. The van der Waals surface area contributed by atoms with Gasteiger partial charge in [0.05, 0.1) is 24.0 Å². The summed E-state index contributed by atoms with van der Waals surface area (Å²) in [6.45, 7) is 5.54. The van der Waals surface area contributed by atoms with Gasteiger partial charge in [0.1, 0.15) is 16.9 Å². The molecule has 0 bridgehead atoms. The highest BCUT2D eigenvalue weighted by atomic mass is 16.4. The SMILES string of the molecule is Cc1oc2cc3oc(=O)c(CC(=O)N[C@@H](C(=O)[O-])c4ccccc4)c(C)c3cc2c1C. The van der Waals surface area contributed by atoms with Gasteiger partial charge in [0.25, 0.3) is 0 Å². The highest BCUT2D eigenvalue weighted by Crippen LogP contribution is 2.31. The smallest absolute Gasteiger partial charge is 0.340 e. The van der Waals surface area contributed by atoms with Crippen LogP contribution < -0.4 is 16.0 Å². The normalized spacial score (nSPS) is 12.2. The van der Waals surface area contributed by atoms with Crippen LogP contribution in [-0.2, 0) is 16.0 Å². The van der Waals surface area contributed by atoms with Crippen molar-refractivity contribution < 1.29 is 23.5 Å². The van der Waals surface area contributed by atoms with Crippen molar-refractivity contribution in [3.05, 3.63) is 80.9 Å². The Morgan fingerprint density at radius 3 is 2.29 bits per heavy atom. The molecule has 0 fully saturated rings. The van der Waals surface area contributed by atoms with E-state index in [2.05, 4.69) is 5.32 Å². The number of hydrogen-bond donors (Lipinski definition) is 1. The molecule has 2 aromatic carbocycles. The largest absolute Gasteiger partial charge is 0.548 e. The van der Waals surface area contributed by atoms with Crippen molar-refractivity contribution in [1.82, 2.24) is 5.32 Å². The Morgan fingerprint density at radius 2 is 1.61 bits per heavy atom. The van der Waals surface area contributed by atoms with Crippen LogP contribution >= 0.6 is 0 Å². The van der Waals surface area contributed by atoms with E-state index >= 15 is 0 Å². The number of benzene rings is 2. The number of rotatable bonds is 5. The van der Waals surface area contributed by atoms with E-state index in [1.165, 1.54) is 0 Å². The molecular formula is C24H20NO6-. The van der Waals surface area contributed by atoms with Gasteiger partial charge in [-0.25, -0.2) is 4.79 Å². The third-order valence-corrected chi connectivity index (χ3v) is 5.59. The molecule has 0 aliphatic heterocycles. The van der Waals surface area contributed by atoms with Gasteiger partial charge in [0.15, 0.2) is 0 Å². The number of hydrogen-bond acceptors (Lipinski definition) is 6. The van der Waals surface area contributed by atoms with Crippen molar-refractivity contribution in [3.63, 3.8) is 0 Å². The van der Waals surface area contributed by atoms with Gasteiger partial charge in [-0.3, -0.25) is 4.79 Å². The number of nitrogens with one attached hydrogen (secondary N) is 1. The standard InChI is InChI=1S/C24H21NO6/c1-12-14(3)30-19-11-20-17(9-16(12)19)13(2)18(24(29)31-20)10-21(26)25-22(23(27)28)15-7-5-4-6-8-15/h4-9,11,22H,10H2,1-3H3,(H,25,26)(H,27,28)/p-1/t22-/m1/s1. The van der Waals surface area contributed by atoms with Crippen LogP contribution in [-0.4, -0.2) is 11.9 Å². The second kappa shape index (κ2) is 7.75. The molecule has 2 aromatic heterocycles. The predicted octanol–water partition coefficient (Wildman–Crippen LogP) is 2.61. The molecule has 1 amide bonds. The second-order valence-corrected chi connectivity index (χ2v) is 7.53. The number of carboxylic acid groups (broad SMARTS) is 1. The zero-order chi connectivity index (χ0) is 22.3. The fraction of sp³-hybridized carbons (Fsp3) is 0.208. The number of carboxylic acids is 1. The van der Waals surface area contributed by atoms with E-state index in [9.17, 15) is 19.5 Å². The molecule has 2 heterocycles. The molecule has 0 aliphatic rings. The summed E-state index contributed by atoms with van der Waals surface area (Å²) in [5.41, 5.74) is 2.48. The zero-order valence-electron chi connectivity index (χ0n) is 17.3. The van der Waals surface area contributed by atoms with E-state index in [4.69, 9.17) is 8.83 Å². The molecule has 0 unspecified atom stereocenters. The number of carbonyl (C=O) groups is 2. The molecule has 31 heavy (non-hydrogen) atoms. The molecule has 4 aromatic rings. The minimum atomic E-state index is -1.44. The van der Waals surface area contributed by atoms with E-state index in [0.717, 1.165) is 16.7 Å². The minimum Gasteiger partial charge on any atom is -0.548 e. The van der Waals surface area contributed by atoms with Gasteiger partial charge in [-0.15, -0.1) is 0 Å². The Morgan fingerprint density at radius 1 is 0.968 bits per heavy atom. The maximum Gasteiger partial charge on any atom is 0.340 e. The number of aliphatic carboxylic acids is 1. The lowest BCUT2D eigenvalue weighted by Gasteiger charge is -2.20. The van der Waals surface area contributed by atoms with E-state index < -0.39 is 23.5 Å². The molecule has 0 saturated heterocycles. The maximum atomic E-state index is 12.6. The fourth-order valence-electron chi connectivity index (χ4n) is 3.73. The average molecular weight is 418 g/mol. The fourth-order valence-corrected chi connectivity index (χ4v) is 3.73. The summed E-state index contributed by atoms with van der Waals surface area (Å²) in [5, 5.41) is 15.6. The summed E-state index contributed by atoms with van der Waals surface area (Å²) >= 11 is 0. The molecule has 1 N–H and O–H groups in total. The van der Waals surface area contributed by atoms with Crippen LogP contribution in [0, 0.1) is 20.8 Å². The van der Waals surface area contributed by atoms with Crippen LogP contribution in [0.1, 0.15) is 34.1 Å². The second-order valence-electron chi connectivity index (χ2n) is 7.53. The number of carbonyl (C=O) groups excluding carboxylic acids is 2. The van der Waals surface area contributed by atoms with Crippen molar-refractivity contribution in [2.24, 2.45) is 0 Å². The first kappa shape index (κ1) is 20.4. The number of fused-ring (bicyclic) bond motifs is 2. The van der Waals surface area contributed by atoms with Crippen LogP contribution in [0.5, 0.6) is 0 Å². The third-order valence-electron chi connectivity index (χ3n) is 5.59. The predicted molar refractivity (Wildman–Crippen MR) is 113 cm³/mol. The Hall–Kier alpha value is -3.87. The summed E-state index contributed by atoms with van der Waals surface area (Å²) in [7, 11) is 0. The van der Waals surface area contributed by atoms with Crippen LogP contribution in [0.25, 0.3) is 21.9 Å². The molecule has 7 heteroatoms. The lowest BCUT2D eigenvalue weighted by Crippen LogP contribution is -2.42. The van der Waals surface area contributed by atoms with Gasteiger partial charge in [0, 0.05) is 16.8 Å². The van der Waals surface area contributed by atoms with E-state index in [-0.39, 0.29) is 12.0 Å². The molecule has 158 valence electrons. The Kier molecular flexibility index (Phi) is 5.10. The van der Waals surface area contributed by atoms with Gasteiger partial charge < -0.3 is 24.1 Å². The Labute approximate surface area is 177 Å². The number of amides is 1. The van der Waals surface area contributed by atoms with Gasteiger partial charge in [0.2, 0.25) is 5.91 Å². The van der Waals surface area contributed by atoms with Crippen molar-refractivity contribution in [1.29, 1.82) is 0 Å². The summed E-state index contributed by atoms with van der Waals surface area (Å²) in [5.74, 6) is -1.28. The first-order chi connectivity index (χ1) is 14.8. The van der Waals surface area contributed by atoms with Crippen molar-refractivity contribution in [3.8, 4) is 0 Å². The first-order valence-electron chi connectivity index (χ1n) is 9.77. The average Bonchev–Trinajstić information content (AvgIpc) is 3.01. The van der Waals surface area contributed by atoms with E-state index in [0.29, 0.717) is 27.7 Å². The van der Waals surface area contributed by atoms with Crippen molar-refractivity contribution in [2.75, 3.05) is 0 Å². The van der Waals surface area contributed by atoms with E-state index in [1.54, 1.807) is 43.3 Å². The topological polar surface area (TPSA) is 113 Å². The van der Waals surface area contributed by atoms with Crippen LogP contribution in [0.15, 0.2) is 56.1 Å². The number of furan rings is 1. The summed E-state index contributed by atoms with van der Waals surface area (Å²) in [6.07, 6.45) is -0.317. The molecule has 7 nitrogen and oxygen atoms in total. The van der Waals surface area contributed by atoms with Crippen LogP contribution in [0.3, 0.4) is 0 Å². The van der Waals surface area contributed by atoms with Gasteiger partial charge in [-0.05, 0) is 43.5 Å². The first-order valence-corrected chi connectivity index (χ1v) is 9.77. The van der Waals surface area contributed by atoms with E-state index in [1.807, 2.05) is 19.9 Å². The summed E-state index contributed by atoms with van der Waals surface area (Å²) < 4.78 is 11.1. The lowest BCUT2D eigenvalue weighted by atomic mass is 10.0. The van der Waals surface area contributed by atoms with Gasteiger partial charge in [-0.2, -0.15) is 0 Å². The molecular weight excluding hydrogens is 398 g/mol. The quantitative estimate of drug-likeness (QED) is 0.499. The third kappa shape index (κ3) is 3.70. The highest BCUT2D eigenvalue weighted by Gasteiger charge is 2.20. The Bertz CT molecular complexity index is 1380. The number of aryl methyl sites for hydroxylation is 3. The summed E-state index contributed by atoms with van der Waals surface area (Å²) in [6, 6.07) is 10.5. The minimum absolute atomic E-state index is 0.173. The lowest BCUT2D eigenvalue weighted by molar-refractivity contribution is -0.308. The van der Waals surface area contributed by atoms with Gasteiger partial charge in [-0.1, -0.05) is 30.3 Å². The van der Waals surface area contributed by atoms with Gasteiger partial charge >= 0.3 is 5.63 Å². The molecule has 1 atom stereocenters. The van der Waals surface area contributed by atoms with Crippen LogP contribution in [0.2, 0.25) is 0 Å². The highest BCUT2D eigenvalue weighted by molar-refractivity contribution is 5.97. The molecule has 4 rings (SSSR count). The van der Waals surface area contributed by atoms with Crippen LogP contribution in [0.4, 0.5) is 0 Å². The summed E-state index contributed by atoms with van der Waals surface area (Å²) in [4.78, 5) is 36.7. The maximum absolute atomic E-state index is 12.6.